The zero-order valence-corrected chi connectivity index (χ0v) is 22.5. The fourth-order valence-corrected chi connectivity index (χ4v) is 4.47. The summed E-state index contributed by atoms with van der Waals surface area (Å²) in [6, 6.07) is 19.1. The van der Waals surface area contributed by atoms with Gasteiger partial charge >= 0.3 is 0 Å². The number of anilines is 2. The van der Waals surface area contributed by atoms with Gasteiger partial charge in [0.1, 0.15) is 18.0 Å². The number of imide groups is 1. The van der Waals surface area contributed by atoms with Crippen molar-refractivity contribution in [3.05, 3.63) is 88.3 Å². The molecule has 1 saturated heterocycles. The van der Waals surface area contributed by atoms with Crippen molar-refractivity contribution in [2.24, 2.45) is 0 Å². The van der Waals surface area contributed by atoms with Crippen LogP contribution in [0.5, 0.6) is 11.5 Å². The molecule has 1 aliphatic rings. The molecule has 1 heterocycles. The first-order valence-corrected chi connectivity index (χ1v) is 12.8. The number of hydrogen-bond donors (Lipinski definition) is 2. The lowest BCUT2D eigenvalue weighted by atomic mass is 10.1. The zero-order chi connectivity index (χ0) is 27.9. The SMILES string of the molecule is COc1ccc(NC(=O)CN2C(=O)S/C(=C\c3ccc(OCC(=O)Nc4ccc(C)c(C)c4)cc3)C2=O)cc1. The number of carbonyl (C=O) groups excluding carboxylic acids is 4. The molecule has 0 radical (unpaired) electrons. The Morgan fingerprint density at radius 3 is 2.15 bits per heavy atom. The molecule has 1 aliphatic heterocycles. The van der Waals surface area contributed by atoms with Crippen molar-refractivity contribution in [1.29, 1.82) is 0 Å². The third kappa shape index (κ3) is 7.26. The first-order chi connectivity index (χ1) is 18.7. The van der Waals surface area contributed by atoms with Crippen LogP contribution in [0.2, 0.25) is 0 Å². The largest absolute Gasteiger partial charge is 0.497 e. The van der Waals surface area contributed by atoms with Crippen LogP contribution in [0.3, 0.4) is 0 Å². The Balaban J connectivity index is 1.29. The standard InChI is InChI=1S/C29H27N3O6S/c1-18-4-7-22(14-19(18)2)31-27(34)17-38-24-10-5-20(6-11-24)15-25-28(35)32(29(36)39-25)16-26(33)30-21-8-12-23(37-3)13-9-21/h4-15H,16-17H2,1-3H3,(H,30,33)(H,31,34)/b25-15-. The first kappa shape index (κ1) is 27.5. The quantitative estimate of drug-likeness (QED) is 0.364. The predicted octanol–water partition coefficient (Wildman–Crippen LogP) is 5.00. The van der Waals surface area contributed by atoms with Crippen LogP contribution in [0.15, 0.2) is 71.6 Å². The van der Waals surface area contributed by atoms with Crippen LogP contribution in [-0.4, -0.2) is 48.1 Å². The summed E-state index contributed by atoms with van der Waals surface area (Å²) in [5, 5.41) is 4.94. The van der Waals surface area contributed by atoms with Gasteiger partial charge in [0.2, 0.25) is 5.91 Å². The number of hydrogen-bond acceptors (Lipinski definition) is 7. The van der Waals surface area contributed by atoms with Gasteiger partial charge in [0.15, 0.2) is 6.61 Å². The van der Waals surface area contributed by atoms with Gasteiger partial charge in [-0.15, -0.1) is 0 Å². The number of methoxy groups -OCH3 is 1. The second-order valence-corrected chi connectivity index (χ2v) is 9.74. The lowest BCUT2D eigenvalue weighted by Crippen LogP contribution is -2.36. The number of amides is 4. The molecule has 200 valence electrons. The average Bonchev–Trinajstić information content (AvgIpc) is 3.18. The molecule has 2 N–H and O–H groups in total. The lowest BCUT2D eigenvalue weighted by molar-refractivity contribution is -0.127. The van der Waals surface area contributed by atoms with Gasteiger partial charge in [-0.3, -0.25) is 24.1 Å². The maximum atomic E-state index is 12.8. The van der Waals surface area contributed by atoms with E-state index in [1.807, 2.05) is 32.0 Å². The molecule has 10 heteroatoms. The number of nitrogens with zero attached hydrogens (tertiary/aromatic N) is 1. The molecule has 3 aromatic carbocycles. The summed E-state index contributed by atoms with van der Waals surface area (Å²) in [5.74, 6) is -0.204. The molecule has 9 nitrogen and oxygen atoms in total. The number of carbonyl (C=O) groups is 4. The maximum absolute atomic E-state index is 12.8. The summed E-state index contributed by atoms with van der Waals surface area (Å²) in [7, 11) is 1.54. The van der Waals surface area contributed by atoms with Crippen LogP contribution < -0.4 is 20.1 Å². The van der Waals surface area contributed by atoms with E-state index < -0.39 is 23.6 Å². The summed E-state index contributed by atoms with van der Waals surface area (Å²) >= 11 is 0.769. The molecule has 0 unspecified atom stereocenters. The summed E-state index contributed by atoms with van der Waals surface area (Å²) in [5.41, 5.74) is 4.11. The molecule has 1 fully saturated rings. The summed E-state index contributed by atoms with van der Waals surface area (Å²) in [6.45, 7) is 3.42. The number of ether oxygens (including phenoxy) is 2. The van der Waals surface area contributed by atoms with E-state index in [1.165, 1.54) is 0 Å². The number of aryl methyl sites for hydroxylation is 2. The van der Waals surface area contributed by atoms with E-state index in [9.17, 15) is 19.2 Å². The lowest BCUT2D eigenvalue weighted by Gasteiger charge is -2.12. The average molecular weight is 546 g/mol. The summed E-state index contributed by atoms with van der Waals surface area (Å²) < 4.78 is 10.6. The van der Waals surface area contributed by atoms with Gasteiger partial charge in [0.25, 0.3) is 17.1 Å². The van der Waals surface area contributed by atoms with Crippen molar-refractivity contribution in [3.63, 3.8) is 0 Å². The van der Waals surface area contributed by atoms with Gasteiger partial charge in [0.05, 0.1) is 12.0 Å². The molecule has 0 saturated carbocycles. The number of thioether (sulfide) groups is 1. The van der Waals surface area contributed by atoms with Crippen LogP contribution in [0.4, 0.5) is 16.2 Å². The maximum Gasteiger partial charge on any atom is 0.294 e. The third-order valence-electron chi connectivity index (χ3n) is 5.89. The Kier molecular flexibility index (Phi) is 8.67. The highest BCUT2D eigenvalue weighted by Gasteiger charge is 2.36. The van der Waals surface area contributed by atoms with E-state index in [0.29, 0.717) is 28.4 Å². The van der Waals surface area contributed by atoms with Crippen molar-refractivity contribution in [2.45, 2.75) is 13.8 Å². The minimum Gasteiger partial charge on any atom is -0.497 e. The van der Waals surface area contributed by atoms with Crippen molar-refractivity contribution >= 4 is 52.2 Å². The molecule has 0 spiro atoms. The molecule has 0 aliphatic carbocycles. The number of nitrogens with one attached hydrogen (secondary N) is 2. The molecule has 4 amide bonds. The monoisotopic (exact) mass is 545 g/mol. The zero-order valence-electron chi connectivity index (χ0n) is 21.6. The molecular formula is C29H27N3O6S. The highest BCUT2D eigenvalue weighted by Crippen LogP contribution is 2.32. The van der Waals surface area contributed by atoms with Gasteiger partial charge in [-0.25, -0.2) is 0 Å². The van der Waals surface area contributed by atoms with E-state index >= 15 is 0 Å². The Labute approximate surface area is 230 Å². The van der Waals surface area contributed by atoms with Gasteiger partial charge in [-0.1, -0.05) is 18.2 Å². The highest BCUT2D eigenvalue weighted by molar-refractivity contribution is 8.18. The van der Waals surface area contributed by atoms with Crippen LogP contribution in [0.1, 0.15) is 16.7 Å². The van der Waals surface area contributed by atoms with Crippen molar-refractivity contribution in [3.8, 4) is 11.5 Å². The van der Waals surface area contributed by atoms with Crippen LogP contribution >= 0.6 is 11.8 Å². The Hall–Kier alpha value is -4.57. The normalized spacial score (nSPS) is 13.9. The van der Waals surface area contributed by atoms with E-state index in [1.54, 1.807) is 61.7 Å². The number of rotatable bonds is 9. The van der Waals surface area contributed by atoms with Crippen molar-refractivity contribution < 1.29 is 28.7 Å². The fourth-order valence-electron chi connectivity index (χ4n) is 3.63. The smallest absolute Gasteiger partial charge is 0.294 e. The molecule has 39 heavy (non-hydrogen) atoms. The van der Waals surface area contributed by atoms with Crippen molar-refractivity contribution in [1.82, 2.24) is 4.90 Å². The summed E-state index contributed by atoms with van der Waals surface area (Å²) in [4.78, 5) is 50.9. The van der Waals surface area contributed by atoms with E-state index in [0.717, 1.165) is 27.8 Å². The van der Waals surface area contributed by atoms with E-state index in [-0.39, 0.29) is 17.4 Å². The highest BCUT2D eigenvalue weighted by atomic mass is 32.2. The topological polar surface area (TPSA) is 114 Å². The minimum atomic E-state index is -0.543. The minimum absolute atomic E-state index is 0.163. The Morgan fingerprint density at radius 1 is 0.846 bits per heavy atom. The molecule has 0 aromatic heterocycles. The van der Waals surface area contributed by atoms with E-state index in [4.69, 9.17) is 9.47 Å². The van der Waals surface area contributed by atoms with Gasteiger partial charge in [0, 0.05) is 11.4 Å². The van der Waals surface area contributed by atoms with Gasteiger partial charge in [-0.05, 0) is 96.9 Å². The fraction of sp³-hybridized carbons (Fsp3) is 0.172. The van der Waals surface area contributed by atoms with Crippen molar-refractivity contribution in [2.75, 3.05) is 30.9 Å². The van der Waals surface area contributed by atoms with Crippen LogP contribution in [-0.2, 0) is 14.4 Å². The first-order valence-electron chi connectivity index (χ1n) is 12.0. The van der Waals surface area contributed by atoms with Crippen LogP contribution in [0.25, 0.3) is 6.08 Å². The van der Waals surface area contributed by atoms with E-state index in [2.05, 4.69) is 10.6 Å². The second-order valence-electron chi connectivity index (χ2n) is 8.75. The number of benzene rings is 3. The Morgan fingerprint density at radius 2 is 1.49 bits per heavy atom. The summed E-state index contributed by atoms with van der Waals surface area (Å²) in [6.07, 6.45) is 1.57. The molecule has 0 atom stereocenters. The van der Waals surface area contributed by atoms with Gasteiger partial charge in [-0.2, -0.15) is 0 Å². The Bertz CT molecular complexity index is 1430. The molecular weight excluding hydrogens is 518 g/mol. The predicted molar refractivity (Wildman–Crippen MR) is 151 cm³/mol. The second kappa shape index (κ2) is 12.3. The molecule has 0 bridgehead atoms. The van der Waals surface area contributed by atoms with Gasteiger partial charge < -0.3 is 20.1 Å². The third-order valence-corrected chi connectivity index (χ3v) is 6.79. The molecule has 4 rings (SSSR count). The molecule has 3 aromatic rings. The van der Waals surface area contributed by atoms with Crippen LogP contribution in [0, 0.1) is 13.8 Å².